The van der Waals surface area contributed by atoms with Crippen molar-refractivity contribution in [1.82, 2.24) is 4.98 Å². The number of H-pyrrole nitrogens is 1. The van der Waals surface area contributed by atoms with Gasteiger partial charge in [0.2, 0.25) is 5.91 Å². The van der Waals surface area contributed by atoms with Gasteiger partial charge in [0.1, 0.15) is 5.69 Å². The van der Waals surface area contributed by atoms with Gasteiger partial charge in [-0.15, -0.1) is 0 Å². The van der Waals surface area contributed by atoms with Gasteiger partial charge >= 0.3 is 11.9 Å². The number of hydrogen-bond acceptors (Lipinski definition) is 4. The normalized spacial score (nSPS) is 15.4. The predicted octanol–water partition coefficient (Wildman–Crippen LogP) is 3.87. The Hall–Kier alpha value is -3.86. The Kier molecular flexibility index (Phi) is 6.53. The number of nitrogens with one attached hydrogen (secondary N) is 4. The minimum Gasteiger partial charge on any atom is -0.481 e. The van der Waals surface area contributed by atoms with E-state index in [0.29, 0.717) is 40.9 Å². The summed E-state index contributed by atoms with van der Waals surface area (Å²) in [5.74, 6) is -3.74. The molecule has 0 radical (unpaired) electrons. The largest absolute Gasteiger partial charge is 0.481 e. The molecule has 3 aromatic rings. The minimum atomic E-state index is -1.09. The molecule has 1 heterocycles. The Bertz CT molecular complexity index is 1380. The van der Waals surface area contributed by atoms with E-state index < -0.39 is 17.9 Å². The van der Waals surface area contributed by atoms with E-state index in [1.54, 1.807) is 19.1 Å². The van der Waals surface area contributed by atoms with Crippen molar-refractivity contribution < 1.29 is 24.6 Å². The van der Waals surface area contributed by atoms with E-state index >= 15 is 0 Å². The number of hydrogen-bond donors (Lipinski definition) is 7. The lowest BCUT2D eigenvalue weighted by Gasteiger charge is -2.28. The number of aromatic nitrogens is 1. The number of anilines is 2. The smallest absolute Gasteiger partial charge is 0.352 e. The average Bonchev–Trinajstić information content (AvgIpc) is 3.15. The van der Waals surface area contributed by atoms with Crippen LogP contribution in [0, 0.1) is 11.3 Å². The topological polar surface area (TPSA) is 181 Å². The molecule has 0 bridgehead atoms. The second kappa shape index (κ2) is 9.41. The fourth-order valence-electron chi connectivity index (χ4n) is 4.79. The van der Waals surface area contributed by atoms with Crippen LogP contribution in [0.2, 0.25) is 0 Å². The summed E-state index contributed by atoms with van der Waals surface area (Å²) in [6, 6.07) is 8.46. The third-order valence-electron chi connectivity index (χ3n) is 6.29. The molecule has 2 aromatic carbocycles. The summed E-state index contributed by atoms with van der Waals surface area (Å²) in [5.41, 5.74) is 8.88. The number of carboxylic acid groups (broad SMARTS) is 2. The quantitative estimate of drug-likeness (QED) is 0.175. The van der Waals surface area contributed by atoms with Crippen molar-refractivity contribution >= 4 is 62.0 Å². The van der Waals surface area contributed by atoms with Gasteiger partial charge < -0.3 is 31.6 Å². The number of benzene rings is 2. The second-order valence-corrected chi connectivity index (χ2v) is 9.53. The molecule has 0 saturated heterocycles. The lowest BCUT2D eigenvalue weighted by molar-refractivity contribution is -0.136. The van der Waals surface area contributed by atoms with Crippen molar-refractivity contribution in [3.63, 3.8) is 0 Å². The molecule has 1 aromatic heterocycles. The lowest BCUT2D eigenvalue weighted by atomic mass is 9.76. The highest BCUT2D eigenvalue weighted by Gasteiger charge is 2.35. The first-order valence-electron chi connectivity index (χ1n) is 10.9. The van der Waals surface area contributed by atoms with Crippen LogP contribution in [0.5, 0.6) is 0 Å². The number of rotatable bonds is 7. The Morgan fingerprint density at radius 3 is 2.63 bits per heavy atom. The molecule has 0 fully saturated rings. The van der Waals surface area contributed by atoms with Gasteiger partial charge in [0.05, 0.1) is 6.42 Å². The number of carbonyl (C=O) groups is 3. The summed E-state index contributed by atoms with van der Waals surface area (Å²) in [6.45, 7) is 1.75. The number of guanidine groups is 1. The number of aromatic carboxylic acids is 1. The number of carboxylic acids is 2. The van der Waals surface area contributed by atoms with Gasteiger partial charge in [-0.25, -0.2) is 4.79 Å². The minimum absolute atomic E-state index is 0.0786. The van der Waals surface area contributed by atoms with Crippen LogP contribution < -0.4 is 16.4 Å². The van der Waals surface area contributed by atoms with Gasteiger partial charge in [0.15, 0.2) is 5.96 Å². The van der Waals surface area contributed by atoms with E-state index in [1.807, 2.05) is 12.1 Å². The van der Waals surface area contributed by atoms with Crippen LogP contribution in [0.15, 0.2) is 34.8 Å². The number of aryl methyl sites for hydroxylation is 1. The van der Waals surface area contributed by atoms with Crippen LogP contribution >= 0.6 is 15.9 Å². The first-order chi connectivity index (χ1) is 16.5. The molecular formula is C24H24BrN5O5. The van der Waals surface area contributed by atoms with Crippen molar-refractivity contribution in [2.75, 3.05) is 10.6 Å². The first-order valence-corrected chi connectivity index (χ1v) is 11.7. The monoisotopic (exact) mass is 541 g/mol. The third kappa shape index (κ3) is 4.85. The number of nitrogens with two attached hydrogens (primary N) is 1. The summed E-state index contributed by atoms with van der Waals surface area (Å²) >= 11 is 3.47. The molecule has 8 N–H and O–H groups in total. The van der Waals surface area contributed by atoms with Crippen LogP contribution in [0.1, 0.15) is 46.4 Å². The van der Waals surface area contributed by atoms with E-state index in [1.165, 1.54) is 6.07 Å². The van der Waals surface area contributed by atoms with Crippen molar-refractivity contribution in [2.45, 2.75) is 32.1 Å². The average molecular weight is 542 g/mol. The molecule has 1 amide bonds. The Labute approximate surface area is 208 Å². The molecule has 0 spiro atoms. The van der Waals surface area contributed by atoms with Gasteiger partial charge in [-0.3, -0.25) is 15.0 Å². The molecule has 2 atom stereocenters. The van der Waals surface area contributed by atoms with Gasteiger partial charge in [-0.2, -0.15) is 0 Å². The number of aromatic amines is 1. The van der Waals surface area contributed by atoms with E-state index in [4.69, 9.17) is 11.1 Å². The van der Waals surface area contributed by atoms with Gasteiger partial charge in [-0.1, -0.05) is 22.9 Å². The highest BCUT2D eigenvalue weighted by molar-refractivity contribution is 9.10. The summed E-state index contributed by atoms with van der Waals surface area (Å²) in [5, 5.41) is 32.8. The maximum Gasteiger partial charge on any atom is 0.352 e. The van der Waals surface area contributed by atoms with Crippen molar-refractivity contribution in [3.8, 4) is 0 Å². The Morgan fingerprint density at radius 1 is 1.23 bits per heavy atom. The molecule has 1 aliphatic rings. The number of amides is 1. The zero-order chi connectivity index (χ0) is 25.4. The molecule has 4 rings (SSSR count). The third-order valence-corrected chi connectivity index (χ3v) is 6.75. The summed E-state index contributed by atoms with van der Waals surface area (Å²) < 4.78 is 0.850. The zero-order valence-corrected chi connectivity index (χ0v) is 20.3. The number of carbonyl (C=O) groups excluding carboxylic acids is 1. The van der Waals surface area contributed by atoms with E-state index in [2.05, 4.69) is 31.5 Å². The molecule has 0 aliphatic heterocycles. The molecule has 2 unspecified atom stereocenters. The molecule has 1 aliphatic carbocycles. The highest BCUT2D eigenvalue weighted by atomic mass is 79.9. The summed E-state index contributed by atoms with van der Waals surface area (Å²) in [4.78, 5) is 39.7. The molecule has 182 valence electrons. The van der Waals surface area contributed by atoms with Crippen LogP contribution in [-0.4, -0.2) is 39.0 Å². The van der Waals surface area contributed by atoms with Crippen molar-refractivity contribution in [1.29, 1.82) is 5.41 Å². The fraction of sp³-hybridized carbons (Fsp3) is 0.250. The maximum atomic E-state index is 13.3. The van der Waals surface area contributed by atoms with Crippen LogP contribution in [-0.2, 0) is 22.4 Å². The Morgan fingerprint density at radius 2 is 1.97 bits per heavy atom. The maximum absolute atomic E-state index is 13.3. The lowest BCUT2D eigenvalue weighted by Crippen LogP contribution is -2.29. The molecule has 0 saturated carbocycles. The predicted molar refractivity (Wildman–Crippen MR) is 135 cm³/mol. The van der Waals surface area contributed by atoms with E-state index in [-0.39, 0.29) is 29.9 Å². The number of aliphatic carboxylic acids is 1. The molecule has 10 nitrogen and oxygen atoms in total. The molecule has 35 heavy (non-hydrogen) atoms. The molecular weight excluding hydrogens is 518 g/mol. The first kappa shape index (κ1) is 24.3. The van der Waals surface area contributed by atoms with E-state index in [9.17, 15) is 24.6 Å². The second-order valence-electron chi connectivity index (χ2n) is 8.61. The molecule has 11 heteroatoms. The van der Waals surface area contributed by atoms with Crippen molar-refractivity contribution in [3.05, 3.63) is 57.2 Å². The summed E-state index contributed by atoms with van der Waals surface area (Å²) in [6.07, 6.45) is 0.942. The van der Waals surface area contributed by atoms with Gasteiger partial charge in [0.25, 0.3) is 0 Å². The zero-order valence-electron chi connectivity index (χ0n) is 18.7. The van der Waals surface area contributed by atoms with E-state index in [0.717, 1.165) is 15.4 Å². The van der Waals surface area contributed by atoms with Gasteiger partial charge in [-0.05, 0) is 65.8 Å². The van der Waals surface area contributed by atoms with Gasteiger partial charge in [0, 0.05) is 32.7 Å². The van der Waals surface area contributed by atoms with Crippen LogP contribution in [0.25, 0.3) is 10.9 Å². The Balaban J connectivity index is 1.66. The highest BCUT2D eigenvalue weighted by Crippen LogP contribution is 2.44. The van der Waals surface area contributed by atoms with Crippen molar-refractivity contribution in [2.24, 2.45) is 11.7 Å². The fourth-order valence-corrected chi connectivity index (χ4v) is 5.29. The standard InChI is InChI=1S/C24H24BrN5O5/c1-10(22(33)30-16-5-3-14(28-24(26)27)7-12(16)8-18(31)32)15-4-2-11-6-13(25)9-17-19(11)20(15)21(29-17)23(34)35/h3,5-7,9-10,15,29H,2,4,8H2,1H3,(H,30,33)(H,31,32)(H,34,35)(H4,26,27,28). The van der Waals surface area contributed by atoms with Crippen LogP contribution in [0.3, 0.4) is 0 Å². The summed E-state index contributed by atoms with van der Waals surface area (Å²) in [7, 11) is 0. The number of halogens is 1. The SMILES string of the molecule is CC(C(=O)Nc1ccc(NC(=N)N)cc1CC(=O)O)C1CCc2cc(Br)cc3[nH]c(C(=O)O)c1c23. The van der Waals surface area contributed by atoms with Crippen LogP contribution in [0.4, 0.5) is 11.4 Å².